The van der Waals surface area contributed by atoms with Crippen LogP contribution in [0.3, 0.4) is 0 Å². The first kappa shape index (κ1) is 24.0. The van der Waals surface area contributed by atoms with Crippen molar-refractivity contribution in [2.24, 2.45) is 10.6 Å². The van der Waals surface area contributed by atoms with Gasteiger partial charge in [0.2, 0.25) is 5.91 Å². The molecular formula is C15H31N2O7P. The van der Waals surface area contributed by atoms with Gasteiger partial charge < -0.3 is 20.2 Å². The van der Waals surface area contributed by atoms with E-state index < -0.39 is 25.2 Å². The lowest BCUT2D eigenvalue weighted by atomic mass is 9.87. The van der Waals surface area contributed by atoms with Gasteiger partial charge in [-0.05, 0) is 27.7 Å². The molecule has 0 heterocycles. The standard InChI is InChI=1S/C15H31N2O7P/c1-7-22-25(20,21)23-10-15(5,6)13(18)14(19)16-9-8-12(4)17-24-11(2)3/h11,13,18H,7-10H2,1-6H3,(H,16,19)(H,20,21)/b17-12+/t13-/m1/s1. The normalized spacial score (nSPS) is 16.4. The molecular weight excluding hydrogens is 351 g/mol. The second-order valence-corrected chi connectivity index (χ2v) is 8.03. The van der Waals surface area contributed by atoms with Crippen molar-refractivity contribution < 1.29 is 33.2 Å². The van der Waals surface area contributed by atoms with Gasteiger partial charge in [0.15, 0.2) is 0 Å². The SMILES string of the molecule is CCOP(=O)(O)OCC(C)(C)[C@H](O)C(=O)NCC/C(C)=N/OC(C)C. The minimum absolute atomic E-state index is 0.0126. The third kappa shape index (κ3) is 10.6. The van der Waals surface area contributed by atoms with Gasteiger partial charge in [0.25, 0.3) is 0 Å². The van der Waals surface area contributed by atoms with Crippen LogP contribution >= 0.6 is 7.82 Å². The predicted molar refractivity (Wildman–Crippen MR) is 94.1 cm³/mol. The highest BCUT2D eigenvalue weighted by molar-refractivity contribution is 7.47. The van der Waals surface area contributed by atoms with Crippen molar-refractivity contribution in [3.63, 3.8) is 0 Å². The van der Waals surface area contributed by atoms with Crippen LogP contribution < -0.4 is 5.32 Å². The van der Waals surface area contributed by atoms with Crippen LogP contribution in [0.25, 0.3) is 0 Å². The van der Waals surface area contributed by atoms with Crippen LogP contribution in [0.4, 0.5) is 0 Å². The molecule has 0 aromatic rings. The van der Waals surface area contributed by atoms with Crippen molar-refractivity contribution in [2.75, 3.05) is 19.8 Å². The molecule has 0 aromatic heterocycles. The number of aliphatic hydroxyl groups is 1. The molecule has 1 unspecified atom stereocenters. The van der Waals surface area contributed by atoms with E-state index in [1.54, 1.807) is 27.7 Å². The molecule has 0 rings (SSSR count). The van der Waals surface area contributed by atoms with E-state index in [1.807, 2.05) is 13.8 Å². The molecule has 0 saturated carbocycles. The molecule has 3 N–H and O–H groups in total. The van der Waals surface area contributed by atoms with Crippen LogP contribution in [0.5, 0.6) is 0 Å². The van der Waals surface area contributed by atoms with Gasteiger partial charge in [-0.15, -0.1) is 0 Å². The third-order valence-corrected chi connectivity index (χ3v) is 4.13. The second kappa shape index (κ2) is 10.9. The van der Waals surface area contributed by atoms with E-state index in [-0.39, 0.29) is 25.9 Å². The maximum absolute atomic E-state index is 12.0. The lowest BCUT2D eigenvalue weighted by Crippen LogP contribution is -2.46. The number of hydrogen-bond donors (Lipinski definition) is 3. The van der Waals surface area contributed by atoms with Crippen LogP contribution in [-0.4, -0.2) is 53.6 Å². The highest BCUT2D eigenvalue weighted by Crippen LogP contribution is 2.44. The Hall–Kier alpha value is -0.990. The van der Waals surface area contributed by atoms with Crippen LogP contribution in [0, 0.1) is 5.41 Å². The maximum Gasteiger partial charge on any atom is 0.472 e. The number of oxime groups is 1. The Morgan fingerprint density at radius 3 is 2.44 bits per heavy atom. The molecule has 148 valence electrons. The maximum atomic E-state index is 12.0. The molecule has 1 amide bonds. The predicted octanol–water partition coefficient (Wildman–Crippen LogP) is 1.83. The summed E-state index contributed by atoms with van der Waals surface area (Å²) in [4.78, 5) is 26.5. The van der Waals surface area contributed by atoms with Crippen LogP contribution in [-0.2, 0) is 23.2 Å². The molecule has 25 heavy (non-hydrogen) atoms. The second-order valence-electron chi connectivity index (χ2n) is 6.57. The Balaban J connectivity index is 4.42. The molecule has 9 nitrogen and oxygen atoms in total. The van der Waals surface area contributed by atoms with E-state index in [0.717, 1.165) is 0 Å². The summed E-state index contributed by atoms with van der Waals surface area (Å²) in [6.45, 7) is 10.1. The number of nitrogens with zero attached hydrogens (tertiary/aromatic N) is 1. The number of nitrogens with one attached hydrogen (secondary N) is 1. The highest BCUT2D eigenvalue weighted by atomic mass is 31.2. The smallest absolute Gasteiger partial charge is 0.393 e. The number of hydrogen-bond acceptors (Lipinski definition) is 7. The quantitative estimate of drug-likeness (QED) is 0.267. The first-order valence-corrected chi connectivity index (χ1v) is 9.67. The van der Waals surface area contributed by atoms with Crippen LogP contribution in [0.1, 0.15) is 48.0 Å². The van der Waals surface area contributed by atoms with Gasteiger partial charge in [0, 0.05) is 18.4 Å². The fourth-order valence-electron chi connectivity index (χ4n) is 1.59. The Kier molecular flexibility index (Phi) is 10.4. The van der Waals surface area contributed by atoms with Gasteiger partial charge in [0.1, 0.15) is 12.2 Å². The molecule has 10 heteroatoms. The van der Waals surface area contributed by atoms with Crippen molar-refractivity contribution in [1.82, 2.24) is 5.32 Å². The topological polar surface area (TPSA) is 127 Å². The average Bonchev–Trinajstić information content (AvgIpc) is 2.50. The van der Waals surface area contributed by atoms with Crippen molar-refractivity contribution >= 4 is 19.4 Å². The van der Waals surface area contributed by atoms with Crippen molar-refractivity contribution in [2.45, 2.75) is 60.2 Å². The van der Waals surface area contributed by atoms with Gasteiger partial charge in [-0.25, -0.2) is 4.57 Å². The van der Waals surface area contributed by atoms with Gasteiger partial charge >= 0.3 is 7.82 Å². The van der Waals surface area contributed by atoms with Crippen molar-refractivity contribution in [1.29, 1.82) is 0 Å². The van der Waals surface area contributed by atoms with E-state index in [9.17, 15) is 19.4 Å². The zero-order chi connectivity index (χ0) is 19.7. The number of aliphatic hydroxyl groups excluding tert-OH is 1. The first-order chi connectivity index (χ1) is 11.4. The fourth-order valence-corrected chi connectivity index (χ4v) is 2.48. The number of amides is 1. The lowest BCUT2D eigenvalue weighted by molar-refractivity contribution is -0.136. The van der Waals surface area contributed by atoms with E-state index in [1.165, 1.54) is 0 Å². The zero-order valence-electron chi connectivity index (χ0n) is 15.8. The van der Waals surface area contributed by atoms with Crippen molar-refractivity contribution in [3.05, 3.63) is 0 Å². The molecule has 0 saturated heterocycles. The molecule has 0 fully saturated rings. The number of rotatable bonds is 12. The van der Waals surface area contributed by atoms with Gasteiger partial charge in [-0.1, -0.05) is 19.0 Å². The number of phosphoric acid groups is 1. The molecule has 0 aliphatic carbocycles. The van der Waals surface area contributed by atoms with Gasteiger partial charge in [-0.3, -0.25) is 13.8 Å². The third-order valence-electron chi connectivity index (χ3n) is 3.09. The Labute approximate surface area is 149 Å². The van der Waals surface area contributed by atoms with E-state index in [4.69, 9.17) is 9.36 Å². The molecule has 0 aromatic carbocycles. The summed E-state index contributed by atoms with van der Waals surface area (Å²) in [5, 5.41) is 16.6. The largest absolute Gasteiger partial charge is 0.472 e. The summed E-state index contributed by atoms with van der Waals surface area (Å²) < 4.78 is 20.9. The minimum atomic E-state index is -4.18. The highest BCUT2D eigenvalue weighted by Gasteiger charge is 2.36. The average molecular weight is 382 g/mol. The molecule has 0 bridgehead atoms. The van der Waals surface area contributed by atoms with Crippen molar-refractivity contribution in [3.8, 4) is 0 Å². The summed E-state index contributed by atoms with van der Waals surface area (Å²) in [5.74, 6) is -0.602. The Bertz CT molecular complexity index is 494. The van der Waals surface area contributed by atoms with E-state index in [2.05, 4.69) is 15.0 Å². The van der Waals surface area contributed by atoms with Crippen LogP contribution in [0.2, 0.25) is 0 Å². The summed E-state index contributed by atoms with van der Waals surface area (Å²) >= 11 is 0. The molecule has 0 spiro atoms. The molecule has 0 aliphatic heterocycles. The Morgan fingerprint density at radius 2 is 1.92 bits per heavy atom. The lowest BCUT2D eigenvalue weighted by Gasteiger charge is -2.29. The zero-order valence-corrected chi connectivity index (χ0v) is 16.7. The number of carbonyl (C=O) groups excluding carboxylic acids is 1. The summed E-state index contributed by atoms with van der Waals surface area (Å²) in [6.07, 6.45) is -0.970. The summed E-state index contributed by atoms with van der Waals surface area (Å²) in [6, 6.07) is 0. The van der Waals surface area contributed by atoms with Crippen LogP contribution in [0.15, 0.2) is 5.16 Å². The van der Waals surface area contributed by atoms with Gasteiger partial charge in [-0.2, -0.15) is 0 Å². The molecule has 0 radical (unpaired) electrons. The first-order valence-electron chi connectivity index (χ1n) is 8.18. The summed E-state index contributed by atoms with van der Waals surface area (Å²) in [7, 11) is -4.18. The molecule has 2 atom stereocenters. The fraction of sp³-hybridized carbons (Fsp3) is 0.867. The summed E-state index contributed by atoms with van der Waals surface area (Å²) in [5.41, 5.74) is -0.368. The molecule has 0 aliphatic rings. The van der Waals surface area contributed by atoms with E-state index >= 15 is 0 Å². The monoisotopic (exact) mass is 382 g/mol. The minimum Gasteiger partial charge on any atom is -0.393 e. The van der Waals surface area contributed by atoms with Gasteiger partial charge in [0.05, 0.1) is 18.9 Å². The number of phosphoric ester groups is 1. The number of carbonyl (C=O) groups is 1. The Morgan fingerprint density at radius 1 is 1.32 bits per heavy atom. The van der Waals surface area contributed by atoms with E-state index in [0.29, 0.717) is 12.1 Å².